The third-order valence-corrected chi connectivity index (χ3v) is 7.02. The van der Waals surface area contributed by atoms with Crippen LogP contribution in [-0.2, 0) is 11.2 Å². The lowest BCUT2D eigenvalue weighted by Gasteiger charge is -2.35. The molecule has 1 aromatic rings. The number of hydrogen-bond donors (Lipinski definition) is 1. The average molecular weight is 378 g/mol. The van der Waals surface area contributed by atoms with E-state index in [4.69, 9.17) is 12.2 Å². The number of rotatable bonds is 5. The molecule has 25 heavy (non-hydrogen) atoms. The molecule has 1 aliphatic carbocycles. The number of hydrogen-bond acceptors (Lipinski definition) is 4. The number of nitrogens with zero attached hydrogens (tertiary/aromatic N) is 1. The van der Waals surface area contributed by atoms with Crippen molar-refractivity contribution in [1.82, 2.24) is 4.90 Å². The van der Waals surface area contributed by atoms with Crippen molar-refractivity contribution in [2.45, 2.75) is 57.6 Å². The molecule has 136 valence electrons. The van der Waals surface area contributed by atoms with Crippen LogP contribution in [0.25, 0.3) is 0 Å². The van der Waals surface area contributed by atoms with Crippen molar-refractivity contribution >= 4 is 34.2 Å². The molecule has 1 amide bonds. The molecule has 0 unspecified atom stereocenters. The van der Waals surface area contributed by atoms with Gasteiger partial charge in [0.15, 0.2) is 0 Å². The smallest absolute Gasteiger partial charge is 0.234 e. The van der Waals surface area contributed by atoms with Crippen molar-refractivity contribution in [2.24, 2.45) is 11.8 Å². The van der Waals surface area contributed by atoms with Crippen LogP contribution in [0.3, 0.4) is 0 Å². The van der Waals surface area contributed by atoms with Gasteiger partial charge in [0, 0.05) is 5.75 Å². The molecule has 1 N–H and O–H groups in total. The first kappa shape index (κ1) is 18.9. The van der Waals surface area contributed by atoms with E-state index in [9.17, 15) is 9.90 Å². The van der Waals surface area contributed by atoms with E-state index in [1.54, 1.807) is 18.7 Å². The normalized spacial score (nSPS) is 24.3. The predicted molar refractivity (Wildman–Crippen MR) is 108 cm³/mol. The minimum Gasteiger partial charge on any atom is -0.393 e. The van der Waals surface area contributed by atoms with Crippen LogP contribution in [-0.4, -0.2) is 38.1 Å². The molecule has 2 fully saturated rings. The Morgan fingerprint density at radius 1 is 1.28 bits per heavy atom. The van der Waals surface area contributed by atoms with E-state index in [0.717, 1.165) is 37.9 Å². The van der Waals surface area contributed by atoms with Crippen molar-refractivity contribution in [3.63, 3.8) is 0 Å². The van der Waals surface area contributed by atoms with E-state index < -0.39 is 6.10 Å². The molecule has 0 bridgehead atoms. The number of carbonyl (C=O) groups excluding carboxylic acids is 1. The standard InChI is InChI=1S/C20H27NO2S2/c1-14(22)18(16-10-6-3-7-11-16)19(23)21-17(13-25-20(21)24)12-15-8-4-2-5-9-15/h2,4-5,8-9,14,16-18,22H,3,6-7,10-13H2,1H3/t14-,17+,18-/m1/s1. The zero-order chi connectivity index (χ0) is 17.8. The molecular formula is C20H27NO2S2. The third kappa shape index (κ3) is 4.44. The molecule has 0 radical (unpaired) electrons. The van der Waals surface area contributed by atoms with Crippen LogP contribution in [0.5, 0.6) is 0 Å². The fourth-order valence-electron chi connectivity index (χ4n) is 4.22. The number of benzene rings is 1. The van der Waals surface area contributed by atoms with Crippen LogP contribution >= 0.6 is 24.0 Å². The molecule has 2 aliphatic rings. The van der Waals surface area contributed by atoms with E-state index >= 15 is 0 Å². The second-order valence-corrected chi connectivity index (χ2v) is 8.95. The molecule has 3 atom stereocenters. The largest absolute Gasteiger partial charge is 0.393 e. The number of thioether (sulfide) groups is 1. The summed E-state index contributed by atoms with van der Waals surface area (Å²) in [4.78, 5) is 15.2. The number of amides is 1. The average Bonchev–Trinajstić information content (AvgIpc) is 2.97. The summed E-state index contributed by atoms with van der Waals surface area (Å²) in [6.45, 7) is 1.76. The maximum Gasteiger partial charge on any atom is 0.234 e. The van der Waals surface area contributed by atoms with E-state index in [2.05, 4.69) is 12.1 Å². The summed E-state index contributed by atoms with van der Waals surface area (Å²) in [5.74, 6) is 0.844. The SMILES string of the molecule is C[C@@H](O)[C@@H](C(=O)N1C(=S)SC[C@@H]1Cc1ccccc1)C1CCCCC1. The first-order valence-corrected chi connectivity index (χ1v) is 10.7. The molecule has 5 heteroatoms. The quantitative estimate of drug-likeness (QED) is 0.787. The van der Waals surface area contributed by atoms with Gasteiger partial charge in [-0.2, -0.15) is 0 Å². The summed E-state index contributed by atoms with van der Waals surface area (Å²) < 4.78 is 0.674. The van der Waals surface area contributed by atoms with Crippen LogP contribution in [0.1, 0.15) is 44.6 Å². The summed E-state index contributed by atoms with van der Waals surface area (Å²) in [6.07, 6.45) is 5.84. The lowest BCUT2D eigenvalue weighted by Crippen LogP contribution is -2.48. The minimum absolute atomic E-state index is 0.0397. The van der Waals surface area contributed by atoms with Crippen molar-refractivity contribution in [3.8, 4) is 0 Å². The highest BCUT2D eigenvalue weighted by molar-refractivity contribution is 8.23. The van der Waals surface area contributed by atoms with E-state index in [0.29, 0.717) is 4.32 Å². The Morgan fingerprint density at radius 3 is 2.60 bits per heavy atom. The Bertz CT molecular complexity index is 599. The molecule has 0 aromatic heterocycles. The van der Waals surface area contributed by atoms with E-state index in [1.165, 1.54) is 12.0 Å². The number of aliphatic hydroxyl groups excluding tert-OH is 1. The Morgan fingerprint density at radius 2 is 1.96 bits per heavy atom. The second kappa shape index (κ2) is 8.65. The first-order chi connectivity index (χ1) is 12.1. The number of carbonyl (C=O) groups is 1. The third-order valence-electron chi connectivity index (χ3n) is 5.48. The van der Waals surface area contributed by atoms with Gasteiger partial charge in [-0.1, -0.05) is 73.6 Å². The maximum absolute atomic E-state index is 13.4. The summed E-state index contributed by atoms with van der Waals surface area (Å²) >= 11 is 7.10. The monoisotopic (exact) mass is 377 g/mol. The summed E-state index contributed by atoms with van der Waals surface area (Å²) in [5.41, 5.74) is 1.22. The Kier molecular flexibility index (Phi) is 6.53. The van der Waals surface area contributed by atoms with Gasteiger partial charge in [-0.15, -0.1) is 0 Å². The predicted octanol–water partition coefficient (Wildman–Crippen LogP) is 4.04. The fraction of sp³-hybridized carbons (Fsp3) is 0.600. The van der Waals surface area contributed by atoms with Crippen LogP contribution in [0.4, 0.5) is 0 Å². The van der Waals surface area contributed by atoms with Gasteiger partial charge < -0.3 is 5.11 Å². The van der Waals surface area contributed by atoms with E-state index in [1.807, 2.05) is 23.1 Å². The highest BCUT2D eigenvalue weighted by Gasteiger charge is 2.42. The maximum atomic E-state index is 13.4. The van der Waals surface area contributed by atoms with Crippen LogP contribution in [0.15, 0.2) is 30.3 Å². The lowest BCUT2D eigenvalue weighted by atomic mass is 9.77. The van der Waals surface area contributed by atoms with Crippen molar-refractivity contribution in [2.75, 3.05) is 5.75 Å². The van der Waals surface area contributed by atoms with Crippen molar-refractivity contribution in [3.05, 3.63) is 35.9 Å². The molecule has 0 spiro atoms. The number of aliphatic hydroxyl groups is 1. The molecule has 3 rings (SSSR count). The Hall–Kier alpha value is -0.910. The summed E-state index contributed by atoms with van der Waals surface area (Å²) in [7, 11) is 0. The Labute approximate surface area is 160 Å². The van der Waals surface area contributed by atoms with Gasteiger partial charge >= 0.3 is 0 Å². The van der Waals surface area contributed by atoms with Gasteiger partial charge in [0.25, 0.3) is 0 Å². The highest BCUT2D eigenvalue weighted by Crippen LogP contribution is 2.36. The van der Waals surface area contributed by atoms with Gasteiger partial charge in [-0.05, 0) is 37.7 Å². The topological polar surface area (TPSA) is 40.5 Å². The van der Waals surface area contributed by atoms with E-state index in [-0.39, 0.29) is 23.8 Å². The summed E-state index contributed by atoms with van der Waals surface area (Å²) in [6, 6.07) is 10.4. The molecule has 1 saturated carbocycles. The second-order valence-electron chi connectivity index (χ2n) is 7.29. The van der Waals surface area contributed by atoms with Gasteiger partial charge in [0.1, 0.15) is 4.32 Å². The van der Waals surface area contributed by atoms with Gasteiger partial charge in [0.05, 0.1) is 18.1 Å². The van der Waals surface area contributed by atoms with Gasteiger partial charge in [-0.3, -0.25) is 9.69 Å². The first-order valence-electron chi connectivity index (χ1n) is 9.29. The van der Waals surface area contributed by atoms with Crippen LogP contribution in [0, 0.1) is 11.8 Å². The highest BCUT2D eigenvalue weighted by atomic mass is 32.2. The van der Waals surface area contributed by atoms with Crippen LogP contribution < -0.4 is 0 Å². The summed E-state index contributed by atoms with van der Waals surface area (Å²) in [5, 5.41) is 10.4. The molecule has 1 aromatic carbocycles. The fourth-order valence-corrected chi connectivity index (χ4v) is 5.65. The number of thiocarbonyl (C=S) groups is 1. The van der Waals surface area contributed by atoms with Crippen molar-refractivity contribution in [1.29, 1.82) is 0 Å². The minimum atomic E-state index is -0.624. The molecule has 1 aliphatic heterocycles. The van der Waals surface area contributed by atoms with Crippen LogP contribution in [0.2, 0.25) is 0 Å². The Balaban J connectivity index is 1.77. The molecular weight excluding hydrogens is 350 g/mol. The zero-order valence-electron chi connectivity index (χ0n) is 14.8. The zero-order valence-corrected chi connectivity index (χ0v) is 16.4. The van der Waals surface area contributed by atoms with Crippen molar-refractivity contribution < 1.29 is 9.90 Å². The molecule has 1 heterocycles. The van der Waals surface area contributed by atoms with Gasteiger partial charge in [-0.25, -0.2) is 0 Å². The lowest BCUT2D eigenvalue weighted by molar-refractivity contribution is -0.139. The van der Waals surface area contributed by atoms with Gasteiger partial charge in [0.2, 0.25) is 5.91 Å². The molecule has 3 nitrogen and oxygen atoms in total. The molecule has 1 saturated heterocycles.